The number of aromatic nitrogens is 4. The van der Waals surface area contributed by atoms with Crippen LogP contribution in [0.15, 0.2) is 37.4 Å². The molecule has 160 valence electrons. The predicted molar refractivity (Wildman–Crippen MR) is 112 cm³/mol. The predicted octanol–water partition coefficient (Wildman–Crippen LogP) is 2.99. The first-order chi connectivity index (χ1) is 13.8. The summed E-state index contributed by atoms with van der Waals surface area (Å²) in [6.07, 6.45) is 8.03. The van der Waals surface area contributed by atoms with Crippen molar-refractivity contribution in [1.82, 2.24) is 27.7 Å². The van der Waals surface area contributed by atoms with Crippen molar-refractivity contribution >= 4 is 34.1 Å². The summed E-state index contributed by atoms with van der Waals surface area (Å²) in [6.45, 7) is 7.91. The highest BCUT2D eigenvalue weighted by atomic mass is 33.1. The van der Waals surface area contributed by atoms with Gasteiger partial charge in [0.1, 0.15) is 25.9 Å². The maximum Gasteiger partial charge on any atom is 0.419 e. The normalized spacial score (nSPS) is 11.8. The van der Waals surface area contributed by atoms with Crippen molar-refractivity contribution in [3.05, 3.63) is 37.4 Å². The molecule has 0 aliphatic rings. The molecular formula is C17H26N6O4S2. The van der Waals surface area contributed by atoms with Gasteiger partial charge in [-0.05, 0) is 27.8 Å². The summed E-state index contributed by atoms with van der Waals surface area (Å²) in [6, 6.07) is 0. The zero-order valence-electron chi connectivity index (χ0n) is 16.9. The molecule has 0 radical (unpaired) electrons. The first-order valence-corrected chi connectivity index (χ1v) is 11.0. The van der Waals surface area contributed by atoms with Crippen LogP contribution in [0, 0.1) is 0 Å². The average molecular weight is 443 g/mol. The summed E-state index contributed by atoms with van der Waals surface area (Å²) >= 11 is 0. The van der Waals surface area contributed by atoms with Crippen molar-refractivity contribution in [1.29, 1.82) is 0 Å². The maximum atomic E-state index is 11.9. The van der Waals surface area contributed by atoms with E-state index in [-0.39, 0.29) is 18.8 Å². The highest BCUT2D eigenvalue weighted by Crippen LogP contribution is 2.33. The molecule has 0 aromatic carbocycles. The van der Waals surface area contributed by atoms with Crippen molar-refractivity contribution in [2.75, 3.05) is 33.4 Å². The fourth-order valence-corrected chi connectivity index (χ4v) is 4.40. The summed E-state index contributed by atoms with van der Waals surface area (Å²) in [4.78, 5) is 31.3. The molecule has 0 N–H and O–H groups in total. The van der Waals surface area contributed by atoms with Crippen LogP contribution < -0.4 is 0 Å². The number of carbonyl (C=O) groups is 2. The summed E-state index contributed by atoms with van der Waals surface area (Å²) in [5.74, 6) is 0. The van der Waals surface area contributed by atoms with E-state index in [1.807, 2.05) is 11.4 Å². The van der Waals surface area contributed by atoms with E-state index in [9.17, 15) is 9.59 Å². The molecule has 10 nitrogen and oxygen atoms in total. The Kier molecular flexibility index (Phi) is 9.01. The Morgan fingerprint density at radius 2 is 1.45 bits per heavy atom. The second kappa shape index (κ2) is 11.2. The largest absolute Gasteiger partial charge is 0.447 e. The second-order valence-electron chi connectivity index (χ2n) is 6.94. The Labute approximate surface area is 178 Å². The topological polar surface area (TPSA) is 94.7 Å². The molecule has 0 bridgehead atoms. The summed E-state index contributed by atoms with van der Waals surface area (Å²) < 4.78 is 17.2. The summed E-state index contributed by atoms with van der Waals surface area (Å²) in [7, 11) is 5.00. The Morgan fingerprint density at radius 3 is 1.90 bits per heavy atom. The molecule has 0 unspecified atom stereocenters. The lowest BCUT2D eigenvalue weighted by Gasteiger charge is -2.34. The molecular weight excluding hydrogens is 416 g/mol. The zero-order valence-corrected chi connectivity index (χ0v) is 18.6. The molecule has 12 heteroatoms. The quantitative estimate of drug-likeness (QED) is 0.426. The Balaban J connectivity index is 1.69. The van der Waals surface area contributed by atoms with Crippen molar-refractivity contribution in [2.24, 2.45) is 0 Å². The lowest BCUT2D eigenvalue weighted by molar-refractivity contribution is 0.132. The van der Waals surface area contributed by atoms with Gasteiger partial charge in [-0.2, -0.15) is 0 Å². The van der Waals surface area contributed by atoms with E-state index in [4.69, 9.17) is 9.47 Å². The van der Waals surface area contributed by atoms with Crippen LogP contribution >= 0.6 is 22.0 Å². The minimum Gasteiger partial charge on any atom is -0.447 e. The van der Waals surface area contributed by atoms with Crippen LogP contribution in [0.3, 0.4) is 0 Å². The number of ether oxygens (including phenoxy) is 2. The Bertz CT molecular complexity index is 749. The second-order valence-corrected chi connectivity index (χ2v) is 9.20. The summed E-state index contributed by atoms with van der Waals surface area (Å²) in [5, 5.41) is 0. The molecule has 0 amide bonds. The van der Waals surface area contributed by atoms with Gasteiger partial charge < -0.3 is 9.47 Å². The number of carbonyl (C=O) groups excluding carboxylic acids is 2. The Hall–Kier alpha value is -2.02. The molecule has 2 rings (SSSR count). The monoisotopic (exact) mass is 442 g/mol. The van der Waals surface area contributed by atoms with Crippen LogP contribution in [0.2, 0.25) is 0 Å². The van der Waals surface area contributed by atoms with Gasteiger partial charge in [-0.1, -0.05) is 0 Å². The van der Waals surface area contributed by atoms with Crippen LogP contribution in [0.1, 0.15) is 20.8 Å². The summed E-state index contributed by atoms with van der Waals surface area (Å²) in [5.41, 5.74) is -0.131. The van der Waals surface area contributed by atoms with Crippen molar-refractivity contribution < 1.29 is 19.1 Å². The van der Waals surface area contributed by atoms with E-state index < -0.39 is 12.2 Å². The number of hydrogen-bond donors (Lipinski definition) is 0. The minimum atomic E-state index is -0.454. The van der Waals surface area contributed by atoms with Gasteiger partial charge in [0, 0.05) is 65.4 Å². The van der Waals surface area contributed by atoms with E-state index in [0.29, 0.717) is 13.1 Å². The van der Waals surface area contributed by atoms with Crippen LogP contribution in [-0.4, -0.2) is 78.8 Å². The molecule has 2 aromatic rings. The van der Waals surface area contributed by atoms with Gasteiger partial charge in [0.05, 0.1) is 0 Å². The van der Waals surface area contributed by atoms with Gasteiger partial charge in [-0.3, -0.25) is 0 Å². The molecule has 2 aromatic heterocycles. The first kappa shape index (κ1) is 23.3. The molecule has 0 saturated heterocycles. The van der Waals surface area contributed by atoms with E-state index in [1.165, 1.54) is 51.4 Å². The molecule has 0 spiro atoms. The zero-order chi connectivity index (χ0) is 21.3. The lowest BCUT2D eigenvalue weighted by atomic mass is 10.1. The smallest absolute Gasteiger partial charge is 0.419 e. The maximum absolute atomic E-state index is 11.9. The number of hydrogen-bond acceptors (Lipinski definition) is 10. The number of imidazole rings is 2. The highest BCUT2D eigenvalue weighted by molar-refractivity contribution is 8.74. The molecule has 0 atom stereocenters. The average Bonchev–Trinajstić information content (AvgIpc) is 3.37. The minimum absolute atomic E-state index is 0.131. The fraction of sp³-hybridized carbons (Fsp3) is 0.529. The highest BCUT2D eigenvalue weighted by Gasteiger charge is 2.23. The van der Waals surface area contributed by atoms with Gasteiger partial charge in [-0.25, -0.2) is 37.3 Å². The van der Waals surface area contributed by atoms with Gasteiger partial charge in [0.15, 0.2) is 0 Å². The molecule has 0 fully saturated rings. The van der Waals surface area contributed by atoms with Crippen LogP contribution in [-0.2, 0) is 9.47 Å². The SMILES string of the molecule is CN(CCOC(=O)n1ccnc1)SSN(CCOC(=O)n1ccnc1)C(C)(C)C. The number of rotatable bonds is 9. The first-order valence-electron chi connectivity index (χ1n) is 8.91. The van der Waals surface area contributed by atoms with E-state index in [1.54, 1.807) is 17.2 Å². The van der Waals surface area contributed by atoms with Gasteiger partial charge >= 0.3 is 12.2 Å². The van der Waals surface area contributed by atoms with Crippen LogP contribution in [0.5, 0.6) is 0 Å². The molecule has 0 aliphatic carbocycles. The molecule has 0 aliphatic heterocycles. The van der Waals surface area contributed by atoms with Crippen molar-refractivity contribution in [3.63, 3.8) is 0 Å². The molecule has 29 heavy (non-hydrogen) atoms. The molecule has 2 heterocycles. The van der Waals surface area contributed by atoms with Crippen LogP contribution in [0.4, 0.5) is 9.59 Å². The fourth-order valence-electron chi connectivity index (χ4n) is 1.98. The van der Waals surface area contributed by atoms with E-state index in [0.717, 1.165) is 0 Å². The third kappa shape index (κ3) is 8.09. The third-order valence-electron chi connectivity index (χ3n) is 3.58. The lowest BCUT2D eigenvalue weighted by Crippen LogP contribution is -2.38. The standard InChI is InChI=1S/C17H26N6O4S2/c1-17(2,3)23(10-12-27-16(25)22-8-6-19-14-22)29-28-20(4)9-11-26-15(24)21-7-5-18-13-21/h5-8,13-14H,9-12H2,1-4H3. The number of nitrogens with zero attached hydrogens (tertiary/aromatic N) is 6. The third-order valence-corrected chi connectivity index (χ3v) is 6.50. The van der Waals surface area contributed by atoms with Crippen LogP contribution in [0.25, 0.3) is 0 Å². The van der Waals surface area contributed by atoms with Gasteiger partial charge in [-0.15, -0.1) is 0 Å². The number of likely N-dealkylation sites (N-methyl/N-ethyl adjacent to an activating group) is 1. The van der Waals surface area contributed by atoms with Gasteiger partial charge in [0.25, 0.3) is 0 Å². The van der Waals surface area contributed by atoms with E-state index in [2.05, 4.69) is 35.0 Å². The van der Waals surface area contributed by atoms with Crippen molar-refractivity contribution in [2.45, 2.75) is 26.3 Å². The van der Waals surface area contributed by atoms with E-state index >= 15 is 0 Å². The van der Waals surface area contributed by atoms with Crippen molar-refractivity contribution in [3.8, 4) is 0 Å². The van der Waals surface area contributed by atoms with Gasteiger partial charge in [0.2, 0.25) is 0 Å². The Morgan fingerprint density at radius 1 is 0.931 bits per heavy atom. The molecule has 0 saturated carbocycles.